The van der Waals surface area contributed by atoms with E-state index in [2.05, 4.69) is 0 Å². The molecule has 0 aliphatic carbocycles. The molecule has 0 unspecified atom stereocenters. The number of hydrogen-bond acceptors (Lipinski definition) is 4. The number of nitrogens with zero attached hydrogens (tertiary/aromatic N) is 2. The number of benzene rings is 1. The van der Waals surface area contributed by atoms with Crippen LogP contribution in [0.2, 0.25) is 0 Å². The lowest BCUT2D eigenvalue weighted by molar-refractivity contribution is -0.137. The van der Waals surface area contributed by atoms with E-state index >= 15 is 0 Å². The summed E-state index contributed by atoms with van der Waals surface area (Å²) in [5.74, 6) is -1.13. The molecule has 0 atom stereocenters. The molecule has 0 saturated carbocycles. The van der Waals surface area contributed by atoms with Crippen LogP contribution in [0.5, 0.6) is 0 Å². The lowest BCUT2D eigenvalue weighted by Gasteiger charge is -2.18. The van der Waals surface area contributed by atoms with Crippen LogP contribution in [0, 0.1) is 0 Å². The van der Waals surface area contributed by atoms with Crippen molar-refractivity contribution in [3.63, 3.8) is 0 Å². The monoisotopic (exact) mass is 314 g/mol. The fourth-order valence-electron chi connectivity index (χ4n) is 1.82. The highest BCUT2D eigenvalue weighted by Crippen LogP contribution is 2.15. The number of sulfonamides is 1. The number of carbonyl (C=O) groups is 1. The van der Waals surface area contributed by atoms with Gasteiger partial charge < -0.3 is 10.0 Å². The van der Waals surface area contributed by atoms with E-state index in [0.717, 1.165) is 11.3 Å². The molecule has 1 N–H and O–H groups in total. The zero-order valence-corrected chi connectivity index (χ0v) is 13.4. The second-order valence-corrected chi connectivity index (χ2v) is 7.33. The van der Waals surface area contributed by atoms with Gasteiger partial charge in [0, 0.05) is 39.8 Å². The van der Waals surface area contributed by atoms with Crippen molar-refractivity contribution in [2.45, 2.75) is 19.4 Å². The van der Waals surface area contributed by atoms with Crippen molar-refractivity contribution < 1.29 is 18.3 Å². The van der Waals surface area contributed by atoms with Gasteiger partial charge in [0.05, 0.1) is 5.75 Å². The van der Waals surface area contributed by atoms with Crippen LogP contribution in [0.3, 0.4) is 0 Å². The molecular weight excluding hydrogens is 292 g/mol. The van der Waals surface area contributed by atoms with Crippen LogP contribution in [-0.2, 0) is 21.4 Å². The van der Waals surface area contributed by atoms with Crippen LogP contribution in [0.1, 0.15) is 18.4 Å². The van der Waals surface area contributed by atoms with Gasteiger partial charge in [-0.15, -0.1) is 0 Å². The Morgan fingerprint density at radius 1 is 1.14 bits per heavy atom. The molecule has 0 fully saturated rings. The van der Waals surface area contributed by atoms with E-state index in [0.29, 0.717) is 0 Å². The van der Waals surface area contributed by atoms with E-state index in [1.807, 2.05) is 43.3 Å². The molecule has 0 heterocycles. The minimum atomic E-state index is -3.42. The van der Waals surface area contributed by atoms with Gasteiger partial charge in [0.15, 0.2) is 0 Å². The van der Waals surface area contributed by atoms with E-state index in [-0.39, 0.29) is 25.1 Å². The average Bonchev–Trinajstić information content (AvgIpc) is 2.38. The Bertz CT molecular complexity index is 567. The number of carboxylic acid groups (broad SMARTS) is 1. The van der Waals surface area contributed by atoms with Crippen LogP contribution >= 0.6 is 0 Å². The van der Waals surface area contributed by atoms with E-state index in [9.17, 15) is 13.2 Å². The van der Waals surface area contributed by atoms with E-state index in [1.54, 1.807) is 0 Å². The first-order chi connectivity index (χ1) is 9.72. The van der Waals surface area contributed by atoms with Gasteiger partial charge >= 0.3 is 5.97 Å². The summed E-state index contributed by atoms with van der Waals surface area (Å²) in [5.41, 5.74) is 1.94. The van der Waals surface area contributed by atoms with Gasteiger partial charge in [0.2, 0.25) is 10.0 Å². The van der Waals surface area contributed by atoms with E-state index in [4.69, 9.17) is 5.11 Å². The highest BCUT2D eigenvalue weighted by molar-refractivity contribution is 7.89. The largest absolute Gasteiger partial charge is 0.481 e. The first-order valence-corrected chi connectivity index (χ1v) is 8.25. The number of rotatable bonds is 8. The third-order valence-electron chi connectivity index (χ3n) is 3.13. The van der Waals surface area contributed by atoms with Crippen molar-refractivity contribution in [1.82, 2.24) is 4.31 Å². The Morgan fingerprint density at radius 3 is 2.19 bits per heavy atom. The Hall–Kier alpha value is -1.60. The molecule has 0 radical (unpaired) electrons. The van der Waals surface area contributed by atoms with Crippen LogP contribution in [0.25, 0.3) is 0 Å². The van der Waals surface area contributed by atoms with Crippen molar-refractivity contribution in [2.75, 3.05) is 31.8 Å². The second kappa shape index (κ2) is 7.42. The average molecular weight is 314 g/mol. The molecule has 0 aromatic heterocycles. The molecule has 21 heavy (non-hydrogen) atoms. The first kappa shape index (κ1) is 17.5. The first-order valence-electron chi connectivity index (χ1n) is 6.64. The molecule has 1 aromatic carbocycles. The Balaban J connectivity index is 2.62. The molecule has 1 rings (SSSR count). The minimum Gasteiger partial charge on any atom is -0.481 e. The van der Waals surface area contributed by atoms with Crippen molar-refractivity contribution in [2.24, 2.45) is 0 Å². The van der Waals surface area contributed by atoms with E-state index < -0.39 is 16.0 Å². The minimum absolute atomic E-state index is 0.127. The van der Waals surface area contributed by atoms with Crippen molar-refractivity contribution in [1.29, 1.82) is 0 Å². The molecular formula is C14H22N2O4S. The third-order valence-corrected chi connectivity index (χ3v) is 5.01. The SMILES string of the molecule is CN(C)c1ccc(CN(C)S(=O)(=O)CCCC(=O)O)cc1. The molecule has 0 bridgehead atoms. The van der Waals surface area contributed by atoms with Crippen molar-refractivity contribution in [3.05, 3.63) is 29.8 Å². The van der Waals surface area contributed by atoms with Gasteiger partial charge in [-0.25, -0.2) is 12.7 Å². The standard InChI is InChI=1S/C14H22N2O4S/c1-15(2)13-8-6-12(7-9-13)11-16(3)21(19,20)10-4-5-14(17)18/h6-9H,4-5,10-11H2,1-3H3,(H,17,18). The zero-order valence-electron chi connectivity index (χ0n) is 12.6. The second-order valence-electron chi connectivity index (χ2n) is 5.13. The molecule has 6 nitrogen and oxygen atoms in total. The summed E-state index contributed by atoms with van der Waals surface area (Å²) in [7, 11) is 1.97. The molecule has 0 spiro atoms. The Kier molecular flexibility index (Phi) is 6.17. The van der Waals surface area contributed by atoms with Gasteiger partial charge in [-0.3, -0.25) is 4.79 Å². The predicted octanol–water partition coefficient (Wildman–Crippen LogP) is 1.38. The summed E-state index contributed by atoms with van der Waals surface area (Å²) in [6, 6.07) is 7.64. The summed E-state index contributed by atoms with van der Waals surface area (Å²) < 4.78 is 25.3. The zero-order chi connectivity index (χ0) is 16.0. The highest BCUT2D eigenvalue weighted by atomic mass is 32.2. The van der Waals surface area contributed by atoms with Crippen LogP contribution in [0.4, 0.5) is 5.69 Å². The maximum atomic E-state index is 12.0. The van der Waals surface area contributed by atoms with Crippen molar-refractivity contribution >= 4 is 21.7 Å². The smallest absolute Gasteiger partial charge is 0.303 e. The van der Waals surface area contributed by atoms with Gasteiger partial charge in [0.1, 0.15) is 0 Å². The van der Waals surface area contributed by atoms with Crippen LogP contribution in [-0.4, -0.2) is 50.7 Å². The molecule has 0 amide bonds. The number of anilines is 1. The van der Waals surface area contributed by atoms with Crippen LogP contribution in [0.15, 0.2) is 24.3 Å². The summed E-state index contributed by atoms with van der Waals surface area (Å²) in [5, 5.41) is 8.54. The van der Waals surface area contributed by atoms with Gasteiger partial charge in [0.25, 0.3) is 0 Å². The van der Waals surface area contributed by atoms with Gasteiger partial charge in [-0.1, -0.05) is 12.1 Å². The molecule has 0 aliphatic rings. The van der Waals surface area contributed by atoms with Crippen molar-refractivity contribution in [3.8, 4) is 0 Å². The Morgan fingerprint density at radius 2 is 1.71 bits per heavy atom. The third kappa shape index (κ3) is 5.73. The fourth-order valence-corrected chi connectivity index (χ4v) is 2.98. The normalized spacial score (nSPS) is 11.6. The maximum Gasteiger partial charge on any atom is 0.303 e. The molecule has 1 aromatic rings. The lowest BCUT2D eigenvalue weighted by Crippen LogP contribution is -2.29. The topological polar surface area (TPSA) is 77.9 Å². The predicted molar refractivity (Wildman–Crippen MR) is 82.9 cm³/mol. The Labute approximate surface area is 126 Å². The number of carboxylic acids is 1. The molecule has 118 valence electrons. The fraction of sp³-hybridized carbons (Fsp3) is 0.500. The lowest BCUT2D eigenvalue weighted by atomic mass is 10.2. The quantitative estimate of drug-likeness (QED) is 0.784. The summed E-state index contributed by atoms with van der Waals surface area (Å²) in [6.45, 7) is 0.281. The molecule has 0 aliphatic heterocycles. The van der Waals surface area contributed by atoms with Gasteiger partial charge in [-0.05, 0) is 24.1 Å². The van der Waals surface area contributed by atoms with Crippen LogP contribution < -0.4 is 4.90 Å². The molecule has 0 saturated heterocycles. The number of aliphatic carboxylic acids is 1. The summed E-state index contributed by atoms with van der Waals surface area (Å²) in [6.07, 6.45) is -0.00776. The maximum absolute atomic E-state index is 12.0. The highest BCUT2D eigenvalue weighted by Gasteiger charge is 2.18. The summed E-state index contributed by atoms with van der Waals surface area (Å²) in [4.78, 5) is 12.4. The van der Waals surface area contributed by atoms with E-state index in [1.165, 1.54) is 11.4 Å². The van der Waals surface area contributed by atoms with Gasteiger partial charge in [-0.2, -0.15) is 0 Å². The molecule has 7 heteroatoms. The number of hydrogen-bond donors (Lipinski definition) is 1. The summed E-state index contributed by atoms with van der Waals surface area (Å²) >= 11 is 0.